The molecule has 1 heterocycles. The third-order valence-corrected chi connectivity index (χ3v) is 2.45. The molecule has 0 saturated heterocycles. The summed E-state index contributed by atoms with van der Waals surface area (Å²) in [5, 5.41) is 11.3. The van der Waals surface area contributed by atoms with Crippen LogP contribution < -0.4 is 14.8 Å². The van der Waals surface area contributed by atoms with Crippen molar-refractivity contribution in [2.24, 2.45) is 0 Å². The predicted molar refractivity (Wildman–Crippen MR) is 56.8 cm³/mol. The molecule has 17 heavy (non-hydrogen) atoms. The Kier molecular flexibility index (Phi) is 3.13. The van der Waals surface area contributed by atoms with Crippen LogP contribution in [-0.2, 0) is 9.59 Å². The van der Waals surface area contributed by atoms with Crippen LogP contribution in [0, 0.1) is 0 Å². The summed E-state index contributed by atoms with van der Waals surface area (Å²) in [4.78, 5) is 21.2. The Morgan fingerprint density at radius 3 is 3.06 bits per heavy atom. The molecule has 0 aliphatic carbocycles. The molecule has 1 aliphatic rings. The van der Waals surface area contributed by atoms with E-state index in [1.165, 1.54) is 0 Å². The molecule has 1 aromatic carbocycles. The van der Waals surface area contributed by atoms with E-state index in [1.54, 1.807) is 18.2 Å². The smallest absolute Gasteiger partial charge is 0.305 e. The van der Waals surface area contributed by atoms with Crippen molar-refractivity contribution in [2.75, 3.05) is 6.79 Å². The van der Waals surface area contributed by atoms with Crippen LogP contribution in [0.2, 0.25) is 0 Å². The summed E-state index contributed by atoms with van der Waals surface area (Å²) in [5.41, 5.74) is 0.606. The minimum atomic E-state index is -0.999. The summed E-state index contributed by atoms with van der Waals surface area (Å²) in [5.74, 6) is 0.0551. The molecule has 0 bridgehead atoms. The van der Waals surface area contributed by atoms with Gasteiger partial charge in [0, 0.05) is 5.56 Å². The Labute approximate surface area is 97.1 Å². The Hall–Kier alpha value is -2.24. The van der Waals surface area contributed by atoms with E-state index in [0.717, 1.165) is 0 Å². The molecule has 1 amide bonds. The van der Waals surface area contributed by atoms with Crippen LogP contribution in [0.15, 0.2) is 18.2 Å². The summed E-state index contributed by atoms with van der Waals surface area (Å²) in [6, 6.07) is 4.54. The zero-order valence-electron chi connectivity index (χ0n) is 8.88. The highest BCUT2D eigenvalue weighted by Crippen LogP contribution is 2.39. The van der Waals surface area contributed by atoms with Crippen LogP contribution in [-0.4, -0.2) is 24.3 Å². The first-order chi connectivity index (χ1) is 8.22. The van der Waals surface area contributed by atoms with Gasteiger partial charge < -0.3 is 19.9 Å². The van der Waals surface area contributed by atoms with Crippen LogP contribution in [0.4, 0.5) is 0 Å². The van der Waals surface area contributed by atoms with Crippen molar-refractivity contribution in [3.05, 3.63) is 23.8 Å². The minimum Gasteiger partial charge on any atom is -0.481 e. The molecule has 0 aromatic heterocycles. The van der Waals surface area contributed by atoms with Gasteiger partial charge in [-0.15, -0.1) is 0 Å². The lowest BCUT2D eigenvalue weighted by molar-refractivity contribution is -0.137. The number of carboxylic acids is 1. The van der Waals surface area contributed by atoms with E-state index < -0.39 is 12.0 Å². The molecule has 2 N–H and O–H groups in total. The number of amides is 1. The number of nitrogens with one attached hydrogen (secondary N) is 1. The molecule has 1 aromatic rings. The summed E-state index contributed by atoms with van der Waals surface area (Å²) >= 11 is 0. The van der Waals surface area contributed by atoms with Crippen molar-refractivity contribution in [1.29, 1.82) is 0 Å². The van der Waals surface area contributed by atoms with E-state index >= 15 is 0 Å². The fourth-order valence-corrected chi connectivity index (χ4v) is 1.74. The van der Waals surface area contributed by atoms with Gasteiger partial charge in [0.15, 0.2) is 11.5 Å². The monoisotopic (exact) mass is 237 g/mol. The number of carboxylic acid groups (broad SMARTS) is 1. The Morgan fingerprint density at radius 2 is 2.35 bits per heavy atom. The molecule has 90 valence electrons. The number of fused-ring (bicyclic) bond motifs is 1. The zero-order valence-corrected chi connectivity index (χ0v) is 8.88. The molecule has 0 fully saturated rings. The molecule has 2 rings (SSSR count). The van der Waals surface area contributed by atoms with E-state index in [1.807, 2.05) is 0 Å². The van der Waals surface area contributed by atoms with Crippen LogP contribution in [0.3, 0.4) is 0 Å². The zero-order chi connectivity index (χ0) is 12.3. The van der Waals surface area contributed by atoms with Gasteiger partial charge in [0.05, 0.1) is 12.5 Å². The number of rotatable bonds is 5. The van der Waals surface area contributed by atoms with E-state index in [2.05, 4.69) is 5.32 Å². The quantitative estimate of drug-likeness (QED) is 0.735. The van der Waals surface area contributed by atoms with Crippen LogP contribution in [0.5, 0.6) is 11.5 Å². The van der Waals surface area contributed by atoms with E-state index in [-0.39, 0.29) is 13.2 Å². The summed E-state index contributed by atoms with van der Waals surface area (Å²) in [6.45, 7) is 0.104. The van der Waals surface area contributed by atoms with Crippen molar-refractivity contribution in [1.82, 2.24) is 5.32 Å². The van der Waals surface area contributed by atoms with E-state index in [0.29, 0.717) is 23.5 Å². The van der Waals surface area contributed by atoms with Crippen LogP contribution in [0.1, 0.15) is 18.0 Å². The largest absolute Gasteiger partial charge is 0.481 e. The second-order valence-electron chi connectivity index (χ2n) is 3.52. The summed E-state index contributed by atoms with van der Waals surface area (Å²) in [6.07, 6.45) is 0.265. The summed E-state index contributed by atoms with van der Waals surface area (Å²) in [7, 11) is 0. The van der Waals surface area contributed by atoms with Crippen LogP contribution in [0.25, 0.3) is 0 Å². The van der Waals surface area contributed by atoms with Gasteiger partial charge in [-0.2, -0.15) is 0 Å². The van der Waals surface area contributed by atoms with Gasteiger partial charge in [0.1, 0.15) is 0 Å². The number of carbonyl (C=O) groups excluding carboxylic acids is 1. The first-order valence-corrected chi connectivity index (χ1v) is 5.02. The molecule has 6 heteroatoms. The Balaban J connectivity index is 2.32. The number of benzene rings is 1. The maximum Gasteiger partial charge on any atom is 0.305 e. The topological polar surface area (TPSA) is 84.9 Å². The van der Waals surface area contributed by atoms with Crippen molar-refractivity contribution in [3.63, 3.8) is 0 Å². The lowest BCUT2D eigenvalue weighted by Crippen LogP contribution is -2.22. The summed E-state index contributed by atoms with van der Waals surface area (Å²) < 4.78 is 10.5. The number of carbonyl (C=O) groups is 2. The Bertz CT molecular complexity index is 445. The number of ether oxygens (including phenoxy) is 2. The highest BCUT2D eigenvalue weighted by Gasteiger charge is 2.24. The van der Waals surface area contributed by atoms with Gasteiger partial charge >= 0.3 is 5.97 Å². The maximum absolute atomic E-state index is 10.7. The number of hydrogen-bond donors (Lipinski definition) is 2. The molecule has 1 aliphatic heterocycles. The van der Waals surface area contributed by atoms with Crippen LogP contribution >= 0.6 is 0 Å². The van der Waals surface area contributed by atoms with Crippen molar-refractivity contribution in [2.45, 2.75) is 12.5 Å². The van der Waals surface area contributed by atoms with E-state index in [9.17, 15) is 9.59 Å². The highest BCUT2D eigenvalue weighted by atomic mass is 16.7. The molecule has 1 atom stereocenters. The number of hydrogen-bond acceptors (Lipinski definition) is 4. The molecule has 0 spiro atoms. The highest BCUT2D eigenvalue weighted by molar-refractivity contribution is 5.69. The fraction of sp³-hybridized carbons (Fsp3) is 0.273. The van der Waals surface area contributed by atoms with Crippen molar-refractivity contribution < 1.29 is 24.2 Å². The molecular formula is C11H11NO5. The molecular weight excluding hydrogens is 226 g/mol. The normalized spacial score (nSPS) is 14.1. The van der Waals surface area contributed by atoms with Gasteiger partial charge in [-0.3, -0.25) is 9.59 Å². The third kappa shape index (κ3) is 2.30. The fourth-order valence-electron chi connectivity index (χ4n) is 1.74. The average molecular weight is 237 g/mol. The molecule has 6 nitrogen and oxygen atoms in total. The molecule has 1 unspecified atom stereocenters. The Morgan fingerprint density at radius 1 is 1.53 bits per heavy atom. The SMILES string of the molecule is O=CNC(CC(=O)O)c1cccc2c1OCO2. The van der Waals surface area contributed by atoms with E-state index in [4.69, 9.17) is 14.6 Å². The number of aliphatic carboxylic acids is 1. The first kappa shape index (κ1) is 11.3. The third-order valence-electron chi connectivity index (χ3n) is 2.45. The average Bonchev–Trinajstić information content (AvgIpc) is 2.75. The number of para-hydroxylation sites is 1. The van der Waals surface area contributed by atoms with Crippen molar-refractivity contribution >= 4 is 12.4 Å². The van der Waals surface area contributed by atoms with Gasteiger partial charge in [0.2, 0.25) is 13.2 Å². The second kappa shape index (κ2) is 4.73. The predicted octanol–water partition coefficient (Wildman–Crippen LogP) is 0.677. The minimum absolute atomic E-state index is 0.104. The van der Waals surface area contributed by atoms with Crippen molar-refractivity contribution in [3.8, 4) is 11.5 Å². The second-order valence-corrected chi connectivity index (χ2v) is 3.52. The first-order valence-electron chi connectivity index (χ1n) is 5.02. The molecule has 0 radical (unpaired) electrons. The van der Waals surface area contributed by atoms with Gasteiger partial charge in [-0.25, -0.2) is 0 Å². The van der Waals surface area contributed by atoms with Gasteiger partial charge in [0.25, 0.3) is 0 Å². The lowest BCUT2D eigenvalue weighted by Gasteiger charge is -2.15. The maximum atomic E-state index is 10.7. The molecule has 0 saturated carbocycles. The standard InChI is InChI=1S/C11H11NO5/c13-5-12-8(4-10(14)15)7-2-1-3-9-11(7)17-6-16-9/h1-3,5,8H,4,6H2,(H,12,13)(H,14,15). The lowest BCUT2D eigenvalue weighted by atomic mass is 10.0. The van der Waals surface area contributed by atoms with Gasteiger partial charge in [-0.05, 0) is 6.07 Å². The van der Waals surface area contributed by atoms with Gasteiger partial charge in [-0.1, -0.05) is 12.1 Å².